The minimum absolute atomic E-state index is 0.00382. The molecule has 108 valence electrons. The Morgan fingerprint density at radius 2 is 2.00 bits per heavy atom. The van der Waals surface area contributed by atoms with Gasteiger partial charge < -0.3 is 5.32 Å². The van der Waals surface area contributed by atoms with Crippen LogP contribution >= 0.6 is 0 Å². The number of halogens is 3. The highest BCUT2D eigenvalue weighted by molar-refractivity contribution is 5.41. The lowest BCUT2D eigenvalue weighted by atomic mass is 9.91. The summed E-state index contributed by atoms with van der Waals surface area (Å²) in [4.78, 5) is 0. The Kier molecular flexibility index (Phi) is 3.31. The molecule has 1 aromatic rings. The third kappa shape index (κ3) is 3.22. The number of hydrogen-bond acceptors (Lipinski definition) is 2. The number of hydrogen-bond donors (Lipinski definition) is 1. The van der Waals surface area contributed by atoms with Gasteiger partial charge in [0, 0.05) is 12.1 Å². The molecule has 2 unspecified atom stereocenters. The molecule has 0 fully saturated rings. The molecule has 0 aromatic carbocycles. The van der Waals surface area contributed by atoms with Crippen molar-refractivity contribution in [2.75, 3.05) is 5.32 Å². The summed E-state index contributed by atoms with van der Waals surface area (Å²) < 4.78 is 40.3. The monoisotopic (exact) mass is 275 g/mol. The summed E-state index contributed by atoms with van der Waals surface area (Å²) >= 11 is 0. The first-order chi connectivity index (χ1) is 8.56. The Balaban J connectivity index is 2.34. The Labute approximate surface area is 111 Å². The molecule has 1 aliphatic rings. The summed E-state index contributed by atoms with van der Waals surface area (Å²) in [6.07, 6.45) is -3.57. The number of nitrogens with one attached hydrogen (secondary N) is 1. The molecule has 0 radical (unpaired) electrons. The van der Waals surface area contributed by atoms with Crippen LogP contribution in [-0.2, 0) is 6.42 Å². The Morgan fingerprint density at radius 3 is 2.53 bits per heavy atom. The first-order valence-electron chi connectivity index (χ1n) is 6.48. The second kappa shape index (κ2) is 4.42. The number of rotatable bonds is 1. The molecule has 1 aromatic heterocycles. The summed E-state index contributed by atoms with van der Waals surface area (Å²) in [6, 6.07) is 0.0189. The SMILES string of the molecule is CC1CC(C(F)(F)F)n2nc(CC(C)(C)C)cc2N1. The van der Waals surface area contributed by atoms with Crippen molar-refractivity contribution in [3.05, 3.63) is 11.8 Å². The molecule has 0 bridgehead atoms. The summed E-state index contributed by atoms with van der Waals surface area (Å²) in [5.74, 6) is 0.473. The molecule has 2 atom stereocenters. The zero-order valence-electron chi connectivity index (χ0n) is 11.7. The van der Waals surface area contributed by atoms with E-state index in [2.05, 4.69) is 10.4 Å². The van der Waals surface area contributed by atoms with E-state index in [9.17, 15) is 13.2 Å². The van der Waals surface area contributed by atoms with Crippen molar-refractivity contribution >= 4 is 5.82 Å². The molecule has 6 heteroatoms. The normalized spacial score (nSPS) is 23.9. The third-order valence-corrected chi connectivity index (χ3v) is 3.14. The molecule has 1 aliphatic heterocycles. The van der Waals surface area contributed by atoms with Crippen LogP contribution in [0, 0.1) is 5.41 Å². The lowest BCUT2D eigenvalue weighted by Crippen LogP contribution is -2.37. The zero-order chi connectivity index (χ0) is 14.4. The van der Waals surface area contributed by atoms with Crippen LogP contribution in [0.1, 0.15) is 45.9 Å². The molecule has 19 heavy (non-hydrogen) atoms. The van der Waals surface area contributed by atoms with E-state index in [1.807, 2.05) is 20.8 Å². The molecule has 0 saturated heterocycles. The largest absolute Gasteiger partial charge is 0.410 e. The van der Waals surface area contributed by atoms with Gasteiger partial charge in [0.2, 0.25) is 0 Å². The summed E-state index contributed by atoms with van der Waals surface area (Å²) in [7, 11) is 0. The Morgan fingerprint density at radius 1 is 1.37 bits per heavy atom. The zero-order valence-corrected chi connectivity index (χ0v) is 11.7. The molecule has 1 N–H and O–H groups in total. The molecule has 0 amide bonds. The summed E-state index contributed by atoms with van der Waals surface area (Å²) in [5.41, 5.74) is 0.711. The van der Waals surface area contributed by atoms with Crippen LogP contribution in [0.15, 0.2) is 6.07 Å². The van der Waals surface area contributed by atoms with E-state index >= 15 is 0 Å². The smallest absolute Gasteiger partial charge is 0.368 e. The first-order valence-corrected chi connectivity index (χ1v) is 6.48. The van der Waals surface area contributed by atoms with Crippen molar-refractivity contribution < 1.29 is 13.2 Å². The highest BCUT2D eigenvalue weighted by Crippen LogP contribution is 2.39. The highest BCUT2D eigenvalue weighted by atomic mass is 19.4. The number of nitrogens with zero attached hydrogens (tertiary/aromatic N) is 2. The van der Waals surface area contributed by atoms with Crippen molar-refractivity contribution in [3.8, 4) is 0 Å². The average molecular weight is 275 g/mol. The van der Waals surface area contributed by atoms with E-state index in [-0.39, 0.29) is 17.9 Å². The number of fused-ring (bicyclic) bond motifs is 1. The van der Waals surface area contributed by atoms with Gasteiger partial charge in [-0.1, -0.05) is 20.8 Å². The van der Waals surface area contributed by atoms with E-state index in [4.69, 9.17) is 0 Å². The van der Waals surface area contributed by atoms with Gasteiger partial charge in [-0.2, -0.15) is 18.3 Å². The van der Waals surface area contributed by atoms with Crippen LogP contribution in [0.4, 0.5) is 19.0 Å². The van der Waals surface area contributed by atoms with Gasteiger partial charge in [0.15, 0.2) is 6.04 Å². The maximum Gasteiger partial charge on any atom is 0.410 e. The maximum atomic E-state index is 13.1. The van der Waals surface area contributed by atoms with E-state index in [1.54, 1.807) is 13.0 Å². The van der Waals surface area contributed by atoms with Crippen molar-refractivity contribution in [2.24, 2.45) is 5.41 Å². The van der Waals surface area contributed by atoms with E-state index in [0.717, 1.165) is 4.68 Å². The van der Waals surface area contributed by atoms with Gasteiger partial charge in [0.25, 0.3) is 0 Å². The van der Waals surface area contributed by atoms with Gasteiger partial charge in [0.05, 0.1) is 5.69 Å². The fourth-order valence-electron chi connectivity index (χ4n) is 2.44. The quantitative estimate of drug-likeness (QED) is 0.845. The highest BCUT2D eigenvalue weighted by Gasteiger charge is 2.45. The third-order valence-electron chi connectivity index (χ3n) is 3.14. The van der Waals surface area contributed by atoms with Crippen molar-refractivity contribution in [1.82, 2.24) is 9.78 Å². The van der Waals surface area contributed by atoms with Gasteiger partial charge in [-0.05, 0) is 25.2 Å². The molecular formula is C13H20F3N3. The number of alkyl halides is 3. The minimum atomic E-state index is -4.25. The van der Waals surface area contributed by atoms with Crippen LogP contribution in [0.5, 0.6) is 0 Å². The molecular weight excluding hydrogens is 255 g/mol. The first kappa shape index (κ1) is 14.2. The predicted molar refractivity (Wildman–Crippen MR) is 68.2 cm³/mol. The fourth-order valence-corrected chi connectivity index (χ4v) is 2.44. The Hall–Kier alpha value is -1.20. The van der Waals surface area contributed by atoms with Crippen LogP contribution in [0.3, 0.4) is 0 Å². The van der Waals surface area contributed by atoms with Gasteiger partial charge >= 0.3 is 6.18 Å². The average Bonchev–Trinajstić information content (AvgIpc) is 2.53. The predicted octanol–water partition coefficient (Wildman–Crippen LogP) is 3.78. The van der Waals surface area contributed by atoms with Crippen LogP contribution < -0.4 is 5.32 Å². The van der Waals surface area contributed by atoms with Crippen LogP contribution in [0.2, 0.25) is 0 Å². The van der Waals surface area contributed by atoms with Crippen molar-refractivity contribution in [1.29, 1.82) is 0 Å². The van der Waals surface area contributed by atoms with E-state index in [1.165, 1.54) is 0 Å². The fraction of sp³-hybridized carbons (Fsp3) is 0.769. The number of anilines is 1. The second-order valence-electron chi connectivity index (χ2n) is 6.54. The summed E-state index contributed by atoms with van der Waals surface area (Å²) in [5, 5.41) is 7.22. The molecule has 2 heterocycles. The molecule has 0 aliphatic carbocycles. The lowest BCUT2D eigenvalue weighted by Gasteiger charge is -2.31. The lowest BCUT2D eigenvalue weighted by molar-refractivity contribution is -0.173. The van der Waals surface area contributed by atoms with Crippen LogP contribution in [0.25, 0.3) is 0 Å². The van der Waals surface area contributed by atoms with Gasteiger partial charge in [-0.15, -0.1) is 0 Å². The molecule has 2 rings (SSSR count). The van der Waals surface area contributed by atoms with Crippen molar-refractivity contribution in [3.63, 3.8) is 0 Å². The maximum absolute atomic E-state index is 13.1. The Bertz CT molecular complexity index is 457. The molecule has 0 spiro atoms. The molecule has 0 saturated carbocycles. The topological polar surface area (TPSA) is 29.9 Å². The van der Waals surface area contributed by atoms with Gasteiger partial charge in [-0.25, -0.2) is 4.68 Å². The van der Waals surface area contributed by atoms with E-state index < -0.39 is 12.2 Å². The van der Waals surface area contributed by atoms with Crippen molar-refractivity contribution in [2.45, 2.75) is 58.8 Å². The van der Waals surface area contributed by atoms with Crippen LogP contribution in [-0.4, -0.2) is 22.0 Å². The summed E-state index contributed by atoms with van der Waals surface area (Å²) in [6.45, 7) is 7.90. The molecule has 3 nitrogen and oxygen atoms in total. The second-order valence-corrected chi connectivity index (χ2v) is 6.54. The van der Waals surface area contributed by atoms with Gasteiger partial charge in [-0.3, -0.25) is 0 Å². The standard InChI is InChI=1S/C13H20F3N3/c1-8-5-10(13(14,15)16)19-11(17-8)6-9(18-19)7-12(2,3)4/h6,8,10,17H,5,7H2,1-4H3. The number of aromatic nitrogens is 2. The van der Waals surface area contributed by atoms with E-state index in [0.29, 0.717) is 17.9 Å². The van der Waals surface area contributed by atoms with Gasteiger partial charge in [0.1, 0.15) is 5.82 Å². The minimum Gasteiger partial charge on any atom is -0.368 e.